The van der Waals surface area contributed by atoms with Gasteiger partial charge in [-0.05, 0) is 23.3 Å². The van der Waals surface area contributed by atoms with Crippen molar-refractivity contribution in [2.75, 3.05) is 18.4 Å². The van der Waals surface area contributed by atoms with Gasteiger partial charge in [-0.25, -0.2) is 0 Å². The first-order chi connectivity index (χ1) is 11.1. The van der Waals surface area contributed by atoms with Crippen LogP contribution in [0.5, 0.6) is 0 Å². The van der Waals surface area contributed by atoms with E-state index in [1.807, 2.05) is 18.2 Å². The summed E-state index contributed by atoms with van der Waals surface area (Å²) in [7, 11) is 0. The zero-order chi connectivity index (χ0) is 16.2. The number of rotatable bonds is 4. The van der Waals surface area contributed by atoms with Crippen molar-refractivity contribution >= 4 is 11.6 Å². The van der Waals surface area contributed by atoms with Gasteiger partial charge in [-0.1, -0.05) is 42.5 Å². The molecule has 1 fully saturated rings. The third-order valence-corrected chi connectivity index (χ3v) is 4.35. The minimum Gasteiger partial charge on any atom is -0.326 e. The highest BCUT2D eigenvalue weighted by molar-refractivity contribution is 5.88. The monoisotopic (exact) mass is 309 g/mol. The molecule has 3 N–H and O–H groups in total. The number of amides is 1. The Morgan fingerprint density at radius 1 is 1.13 bits per heavy atom. The third kappa shape index (κ3) is 3.97. The van der Waals surface area contributed by atoms with Gasteiger partial charge in [0.2, 0.25) is 5.91 Å². The number of benzene rings is 2. The van der Waals surface area contributed by atoms with E-state index in [2.05, 4.69) is 46.6 Å². The van der Waals surface area contributed by atoms with Crippen LogP contribution in [-0.4, -0.2) is 29.9 Å². The van der Waals surface area contributed by atoms with E-state index in [9.17, 15) is 4.79 Å². The molecule has 1 heterocycles. The lowest BCUT2D eigenvalue weighted by atomic mass is 9.95. The molecule has 2 aromatic carbocycles. The fourth-order valence-corrected chi connectivity index (χ4v) is 3.25. The van der Waals surface area contributed by atoms with Crippen LogP contribution in [0.3, 0.4) is 0 Å². The van der Waals surface area contributed by atoms with Crippen LogP contribution < -0.4 is 11.1 Å². The zero-order valence-electron chi connectivity index (χ0n) is 13.4. The maximum atomic E-state index is 11.1. The first-order valence-corrected chi connectivity index (χ1v) is 8.01. The average molecular weight is 309 g/mol. The Balaban J connectivity index is 1.62. The van der Waals surface area contributed by atoms with Gasteiger partial charge >= 0.3 is 0 Å². The lowest BCUT2D eigenvalue weighted by molar-refractivity contribution is -0.114. The van der Waals surface area contributed by atoms with Crippen molar-refractivity contribution in [1.82, 2.24) is 4.90 Å². The number of hydrogen-bond donors (Lipinski definition) is 2. The standard InChI is InChI=1S/C19H23N3O/c1-14(23)21-17-9-7-15(8-10-17)11-22-12-18(19(20)13-22)16-5-3-2-4-6-16/h2-10,18-19H,11-13,20H2,1H3,(H,21,23)/t18-,19+/m0/s1. The van der Waals surface area contributed by atoms with Crippen molar-refractivity contribution in [3.05, 3.63) is 65.7 Å². The van der Waals surface area contributed by atoms with E-state index in [1.165, 1.54) is 18.1 Å². The summed E-state index contributed by atoms with van der Waals surface area (Å²) in [5.41, 5.74) is 9.74. The molecule has 1 aliphatic heterocycles. The molecule has 23 heavy (non-hydrogen) atoms. The summed E-state index contributed by atoms with van der Waals surface area (Å²) >= 11 is 0. The maximum Gasteiger partial charge on any atom is 0.221 e. The van der Waals surface area contributed by atoms with Gasteiger partial charge in [0, 0.05) is 44.2 Å². The van der Waals surface area contributed by atoms with Gasteiger partial charge in [0.1, 0.15) is 0 Å². The largest absolute Gasteiger partial charge is 0.326 e. The number of carbonyl (C=O) groups is 1. The average Bonchev–Trinajstić information content (AvgIpc) is 2.90. The number of nitrogens with two attached hydrogens (primary N) is 1. The number of hydrogen-bond acceptors (Lipinski definition) is 3. The van der Waals surface area contributed by atoms with Crippen LogP contribution in [0.1, 0.15) is 24.0 Å². The third-order valence-electron chi connectivity index (χ3n) is 4.35. The van der Waals surface area contributed by atoms with Crippen molar-refractivity contribution in [3.63, 3.8) is 0 Å². The minimum atomic E-state index is -0.0473. The molecule has 3 rings (SSSR count). The Morgan fingerprint density at radius 2 is 1.83 bits per heavy atom. The molecular formula is C19H23N3O. The second-order valence-electron chi connectivity index (χ2n) is 6.25. The SMILES string of the molecule is CC(=O)Nc1ccc(CN2C[C@@H](N)[C@H](c3ccccc3)C2)cc1. The van der Waals surface area contributed by atoms with Gasteiger partial charge in [0.15, 0.2) is 0 Å². The molecule has 2 aromatic rings. The summed E-state index contributed by atoms with van der Waals surface area (Å²) in [6.45, 7) is 4.30. The number of anilines is 1. The normalized spacial score (nSPS) is 21.3. The second-order valence-corrected chi connectivity index (χ2v) is 6.25. The quantitative estimate of drug-likeness (QED) is 0.912. The molecule has 2 atom stereocenters. The number of likely N-dealkylation sites (tertiary alicyclic amines) is 1. The van der Waals surface area contributed by atoms with Crippen molar-refractivity contribution < 1.29 is 4.79 Å². The first kappa shape index (κ1) is 15.7. The van der Waals surface area contributed by atoms with Crippen molar-refractivity contribution in [1.29, 1.82) is 0 Å². The van der Waals surface area contributed by atoms with E-state index in [0.717, 1.165) is 25.3 Å². The Labute approximate surface area is 137 Å². The van der Waals surface area contributed by atoms with Gasteiger partial charge in [0.25, 0.3) is 0 Å². The molecular weight excluding hydrogens is 286 g/mol. The van der Waals surface area contributed by atoms with Crippen LogP contribution in [0.25, 0.3) is 0 Å². The van der Waals surface area contributed by atoms with E-state index >= 15 is 0 Å². The zero-order valence-corrected chi connectivity index (χ0v) is 13.4. The molecule has 1 aliphatic rings. The minimum absolute atomic E-state index is 0.0473. The summed E-state index contributed by atoms with van der Waals surface area (Å²) in [4.78, 5) is 13.4. The molecule has 0 unspecified atom stereocenters. The Bertz CT molecular complexity index is 654. The van der Waals surface area contributed by atoms with Crippen LogP contribution in [0, 0.1) is 0 Å². The van der Waals surface area contributed by atoms with Crippen molar-refractivity contribution in [2.45, 2.75) is 25.4 Å². The molecule has 1 amide bonds. The topological polar surface area (TPSA) is 58.4 Å². The maximum absolute atomic E-state index is 11.1. The van der Waals surface area contributed by atoms with Gasteiger partial charge in [-0.15, -0.1) is 0 Å². The summed E-state index contributed by atoms with van der Waals surface area (Å²) in [5, 5.41) is 2.79. The first-order valence-electron chi connectivity index (χ1n) is 8.01. The van der Waals surface area contributed by atoms with E-state index in [0.29, 0.717) is 5.92 Å². The summed E-state index contributed by atoms with van der Waals surface area (Å²) in [6.07, 6.45) is 0. The highest BCUT2D eigenvalue weighted by atomic mass is 16.1. The van der Waals surface area contributed by atoms with Crippen LogP contribution in [0.2, 0.25) is 0 Å². The summed E-state index contributed by atoms with van der Waals surface area (Å²) < 4.78 is 0. The van der Waals surface area contributed by atoms with Gasteiger partial charge in [-0.3, -0.25) is 9.69 Å². The molecule has 4 nitrogen and oxygen atoms in total. The Hall–Kier alpha value is -2.17. The van der Waals surface area contributed by atoms with Crippen LogP contribution in [0.15, 0.2) is 54.6 Å². The smallest absolute Gasteiger partial charge is 0.221 e. The summed E-state index contributed by atoms with van der Waals surface area (Å²) in [6, 6.07) is 18.7. The molecule has 120 valence electrons. The highest BCUT2D eigenvalue weighted by Crippen LogP contribution is 2.27. The molecule has 1 saturated heterocycles. The van der Waals surface area contributed by atoms with Gasteiger partial charge < -0.3 is 11.1 Å². The fourth-order valence-electron chi connectivity index (χ4n) is 3.25. The Morgan fingerprint density at radius 3 is 2.48 bits per heavy atom. The molecule has 0 bridgehead atoms. The van der Waals surface area contributed by atoms with E-state index < -0.39 is 0 Å². The van der Waals surface area contributed by atoms with Crippen LogP contribution in [0.4, 0.5) is 5.69 Å². The lowest BCUT2D eigenvalue weighted by Gasteiger charge is -2.16. The predicted octanol–water partition coefficient (Wildman–Crippen LogP) is 2.57. The molecule has 4 heteroatoms. The number of nitrogens with zero attached hydrogens (tertiary/aromatic N) is 1. The molecule has 0 aromatic heterocycles. The van der Waals surface area contributed by atoms with Gasteiger partial charge in [-0.2, -0.15) is 0 Å². The van der Waals surface area contributed by atoms with E-state index in [-0.39, 0.29) is 11.9 Å². The van der Waals surface area contributed by atoms with Crippen molar-refractivity contribution in [3.8, 4) is 0 Å². The van der Waals surface area contributed by atoms with E-state index in [1.54, 1.807) is 0 Å². The molecule has 0 radical (unpaired) electrons. The number of carbonyl (C=O) groups excluding carboxylic acids is 1. The molecule has 0 aliphatic carbocycles. The Kier molecular flexibility index (Phi) is 4.74. The highest BCUT2D eigenvalue weighted by Gasteiger charge is 2.30. The van der Waals surface area contributed by atoms with Crippen LogP contribution in [-0.2, 0) is 11.3 Å². The predicted molar refractivity (Wildman–Crippen MR) is 93.2 cm³/mol. The lowest BCUT2D eigenvalue weighted by Crippen LogP contribution is -2.28. The van der Waals surface area contributed by atoms with Crippen molar-refractivity contribution in [2.24, 2.45) is 5.73 Å². The van der Waals surface area contributed by atoms with Crippen LogP contribution >= 0.6 is 0 Å². The fraction of sp³-hybridized carbons (Fsp3) is 0.316. The van der Waals surface area contributed by atoms with E-state index in [4.69, 9.17) is 5.73 Å². The molecule has 0 saturated carbocycles. The molecule has 0 spiro atoms. The second kappa shape index (κ2) is 6.94. The van der Waals surface area contributed by atoms with Gasteiger partial charge in [0.05, 0.1) is 0 Å². The number of nitrogens with one attached hydrogen (secondary N) is 1. The summed E-state index contributed by atoms with van der Waals surface area (Å²) in [5.74, 6) is 0.351.